The highest BCUT2D eigenvalue weighted by Crippen LogP contribution is 2.34. The van der Waals surface area contributed by atoms with Gasteiger partial charge in [0.25, 0.3) is 0 Å². The lowest BCUT2D eigenvalue weighted by atomic mass is 10.3. The van der Waals surface area contributed by atoms with Gasteiger partial charge in [-0.15, -0.1) is 0 Å². The van der Waals surface area contributed by atoms with Gasteiger partial charge in [-0.25, -0.2) is 4.62 Å². The average molecular weight is 167 g/mol. The van der Waals surface area contributed by atoms with Gasteiger partial charge in [0, 0.05) is 13.2 Å². The van der Waals surface area contributed by atoms with Crippen LogP contribution in [0.1, 0.15) is 19.8 Å². The van der Waals surface area contributed by atoms with Crippen LogP contribution >= 0.6 is 7.60 Å². The Morgan fingerprint density at radius 2 is 2.30 bits per heavy atom. The summed E-state index contributed by atoms with van der Waals surface area (Å²) in [5.41, 5.74) is 2.41. The molecule has 0 spiro atoms. The molecule has 4 nitrogen and oxygen atoms in total. The van der Waals surface area contributed by atoms with Gasteiger partial charge in [-0.05, 0) is 6.42 Å². The summed E-state index contributed by atoms with van der Waals surface area (Å²) in [5, 5.41) is 0. The van der Waals surface area contributed by atoms with Crippen molar-refractivity contribution in [2.45, 2.75) is 19.8 Å². The van der Waals surface area contributed by atoms with Gasteiger partial charge in [-0.3, -0.25) is 4.57 Å². The molecule has 1 atom stereocenters. The summed E-state index contributed by atoms with van der Waals surface area (Å²) < 4.78 is 14.8. The van der Waals surface area contributed by atoms with Gasteiger partial charge in [-0.2, -0.15) is 5.48 Å². The molecular weight excluding hydrogens is 153 g/mol. The molecule has 0 saturated carbocycles. The SMILES string of the molecule is CCCCNOP(C)(=O)O. The molecule has 0 rings (SSSR count). The Balaban J connectivity index is 3.13. The molecule has 2 N–H and O–H groups in total. The van der Waals surface area contributed by atoms with E-state index in [1.165, 1.54) is 0 Å². The molecule has 0 bridgehead atoms. The van der Waals surface area contributed by atoms with Gasteiger partial charge in [0.15, 0.2) is 0 Å². The van der Waals surface area contributed by atoms with Crippen molar-refractivity contribution in [3.63, 3.8) is 0 Å². The van der Waals surface area contributed by atoms with Gasteiger partial charge in [-0.1, -0.05) is 13.3 Å². The third-order valence-electron chi connectivity index (χ3n) is 0.866. The number of nitrogens with one attached hydrogen (secondary N) is 1. The second-order valence-corrected chi connectivity index (χ2v) is 3.93. The van der Waals surface area contributed by atoms with Crippen LogP contribution in [0.4, 0.5) is 0 Å². The molecule has 0 aliphatic carbocycles. The van der Waals surface area contributed by atoms with Crippen LogP contribution in [0.15, 0.2) is 0 Å². The van der Waals surface area contributed by atoms with Crippen LogP contribution in [-0.2, 0) is 9.19 Å². The summed E-state index contributed by atoms with van der Waals surface area (Å²) in [6, 6.07) is 0. The lowest BCUT2D eigenvalue weighted by Crippen LogP contribution is -2.13. The zero-order valence-corrected chi connectivity index (χ0v) is 7.23. The lowest BCUT2D eigenvalue weighted by molar-refractivity contribution is 0.168. The number of hydroxylamine groups is 1. The van der Waals surface area contributed by atoms with E-state index in [-0.39, 0.29) is 0 Å². The van der Waals surface area contributed by atoms with E-state index >= 15 is 0 Å². The highest BCUT2D eigenvalue weighted by molar-refractivity contribution is 7.51. The molecule has 0 heterocycles. The molecule has 10 heavy (non-hydrogen) atoms. The van der Waals surface area contributed by atoms with E-state index in [1.807, 2.05) is 6.92 Å². The Labute approximate surface area is 61.1 Å². The molecule has 62 valence electrons. The largest absolute Gasteiger partial charge is 0.341 e. The van der Waals surface area contributed by atoms with Crippen LogP contribution in [0.3, 0.4) is 0 Å². The summed E-state index contributed by atoms with van der Waals surface area (Å²) in [4.78, 5) is 8.59. The van der Waals surface area contributed by atoms with Crippen molar-refractivity contribution in [3.05, 3.63) is 0 Å². The predicted molar refractivity (Wildman–Crippen MR) is 39.7 cm³/mol. The van der Waals surface area contributed by atoms with E-state index in [9.17, 15) is 4.57 Å². The van der Waals surface area contributed by atoms with Gasteiger partial charge < -0.3 is 4.89 Å². The maximum Gasteiger partial charge on any atom is 0.341 e. The molecule has 0 amide bonds. The summed E-state index contributed by atoms with van der Waals surface area (Å²) in [6.45, 7) is 3.80. The monoisotopic (exact) mass is 167 g/mol. The first-order chi connectivity index (χ1) is 4.56. The van der Waals surface area contributed by atoms with Crippen molar-refractivity contribution >= 4 is 7.60 Å². The van der Waals surface area contributed by atoms with Gasteiger partial charge in [0.2, 0.25) is 0 Å². The smallest absolute Gasteiger partial charge is 0.324 e. The fourth-order valence-electron chi connectivity index (χ4n) is 0.414. The van der Waals surface area contributed by atoms with Crippen molar-refractivity contribution in [2.75, 3.05) is 13.2 Å². The minimum absolute atomic E-state index is 0.620. The summed E-state index contributed by atoms with van der Waals surface area (Å²) in [6.07, 6.45) is 1.98. The topological polar surface area (TPSA) is 58.6 Å². The fraction of sp³-hybridized carbons (Fsp3) is 1.00. The van der Waals surface area contributed by atoms with E-state index in [2.05, 4.69) is 10.1 Å². The third kappa shape index (κ3) is 8.11. The number of hydrogen-bond donors (Lipinski definition) is 2. The van der Waals surface area contributed by atoms with Crippen LogP contribution < -0.4 is 5.48 Å². The van der Waals surface area contributed by atoms with Crippen LogP contribution in [-0.4, -0.2) is 18.1 Å². The molecule has 0 aromatic carbocycles. The molecule has 0 radical (unpaired) electrons. The molecule has 0 aliphatic rings. The Hall–Kier alpha value is 0.110. The standard InChI is InChI=1S/C5H14NO3P/c1-3-4-5-6-9-10(2,7)8/h6H,3-5H2,1-2H3,(H,7,8). The van der Waals surface area contributed by atoms with E-state index in [1.54, 1.807) is 0 Å². The van der Waals surface area contributed by atoms with Crippen molar-refractivity contribution < 1.29 is 14.1 Å². The van der Waals surface area contributed by atoms with Crippen LogP contribution in [0.5, 0.6) is 0 Å². The van der Waals surface area contributed by atoms with Crippen molar-refractivity contribution in [1.82, 2.24) is 5.48 Å². The van der Waals surface area contributed by atoms with Crippen LogP contribution in [0, 0.1) is 0 Å². The van der Waals surface area contributed by atoms with Gasteiger partial charge in [0.1, 0.15) is 0 Å². The Morgan fingerprint density at radius 1 is 1.70 bits per heavy atom. The molecule has 0 aliphatic heterocycles. The second-order valence-electron chi connectivity index (χ2n) is 2.14. The summed E-state index contributed by atoms with van der Waals surface area (Å²) >= 11 is 0. The normalized spacial score (nSPS) is 16.7. The predicted octanol–water partition coefficient (Wildman–Crippen LogP) is 1.12. The highest BCUT2D eigenvalue weighted by atomic mass is 31.2. The Kier molecular flexibility index (Phi) is 4.91. The number of rotatable bonds is 5. The summed E-state index contributed by atoms with van der Waals surface area (Å²) in [7, 11) is -3.32. The van der Waals surface area contributed by atoms with E-state index in [0.29, 0.717) is 6.54 Å². The molecule has 5 heteroatoms. The molecule has 0 saturated heterocycles. The lowest BCUT2D eigenvalue weighted by Gasteiger charge is -2.06. The fourth-order valence-corrected chi connectivity index (χ4v) is 0.745. The van der Waals surface area contributed by atoms with Crippen LogP contribution in [0.2, 0.25) is 0 Å². The van der Waals surface area contributed by atoms with Crippen molar-refractivity contribution in [3.8, 4) is 0 Å². The van der Waals surface area contributed by atoms with E-state index in [4.69, 9.17) is 4.89 Å². The van der Waals surface area contributed by atoms with E-state index in [0.717, 1.165) is 19.5 Å². The molecule has 0 aromatic rings. The summed E-state index contributed by atoms with van der Waals surface area (Å²) in [5.74, 6) is 0. The highest BCUT2D eigenvalue weighted by Gasteiger charge is 2.08. The zero-order valence-electron chi connectivity index (χ0n) is 6.33. The molecule has 0 aromatic heterocycles. The third-order valence-corrected chi connectivity index (χ3v) is 1.33. The Morgan fingerprint density at radius 3 is 2.70 bits per heavy atom. The number of hydrogen-bond acceptors (Lipinski definition) is 3. The first-order valence-electron chi connectivity index (χ1n) is 3.28. The van der Waals surface area contributed by atoms with E-state index < -0.39 is 7.60 Å². The van der Waals surface area contributed by atoms with Gasteiger partial charge >= 0.3 is 7.60 Å². The quantitative estimate of drug-likeness (QED) is 0.366. The first-order valence-corrected chi connectivity index (χ1v) is 5.30. The maximum atomic E-state index is 10.4. The molecule has 0 fully saturated rings. The average Bonchev–Trinajstić information content (AvgIpc) is 1.78. The van der Waals surface area contributed by atoms with Gasteiger partial charge in [0.05, 0.1) is 0 Å². The minimum Gasteiger partial charge on any atom is -0.324 e. The number of unbranched alkanes of at least 4 members (excludes halogenated alkanes) is 1. The van der Waals surface area contributed by atoms with Crippen molar-refractivity contribution in [1.29, 1.82) is 0 Å². The first kappa shape index (κ1) is 10.1. The maximum absolute atomic E-state index is 10.4. The zero-order chi connectivity index (χ0) is 8.04. The van der Waals surface area contributed by atoms with Crippen LogP contribution in [0.25, 0.3) is 0 Å². The molecular formula is C5H14NO3P. The minimum atomic E-state index is -3.32. The van der Waals surface area contributed by atoms with Crippen molar-refractivity contribution in [2.24, 2.45) is 0 Å². The second kappa shape index (κ2) is 4.85. The Bertz CT molecular complexity index is 122. The molecule has 1 unspecified atom stereocenters.